The van der Waals surface area contributed by atoms with Crippen LogP contribution in [0.3, 0.4) is 0 Å². The number of hydrogen-bond donors (Lipinski definition) is 1. The largest absolute Gasteiger partial charge is 0.397 e. The van der Waals surface area contributed by atoms with Gasteiger partial charge in [-0.1, -0.05) is 28.8 Å². The molecule has 0 unspecified atom stereocenters. The summed E-state index contributed by atoms with van der Waals surface area (Å²) in [7, 11) is -4.43. The quantitative estimate of drug-likeness (QED) is 0.510. The molecule has 104 valence electrons. The fourth-order valence-electron chi connectivity index (χ4n) is 1.76. The average Bonchev–Trinajstić information content (AvgIpc) is 2.37. The molecular weight excluding hydrogens is 280 g/mol. The van der Waals surface area contributed by atoms with Crippen LogP contribution in [0.5, 0.6) is 0 Å². The molecule has 1 N–H and O–H groups in total. The molecule has 1 heterocycles. The first kappa shape index (κ1) is 14.4. The lowest BCUT2D eigenvalue weighted by Gasteiger charge is -2.00. The molecule has 0 fully saturated rings. The van der Waals surface area contributed by atoms with Crippen LogP contribution in [0.15, 0.2) is 30.5 Å². The topological polar surface area (TPSA) is 80.4 Å². The maximum Gasteiger partial charge on any atom is 0.397 e. The molecule has 0 saturated heterocycles. The average molecular weight is 293 g/mol. The molecule has 20 heavy (non-hydrogen) atoms. The van der Waals surface area contributed by atoms with Gasteiger partial charge in [-0.05, 0) is 13.0 Å². The summed E-state index contributed by atoms with van der Waals surface area (Å²) in [4.78, 5) is 0. The summed E-state index contributed by atoms with van der Waals surface area (Å²) < 4.78 is 35.3. The van der Waals surface area contributed by atoms with Crippen molar-refractivity contribution in [2.24, 2.45) is 0 Å². The summed E-state index contributed by atoms with van der Waals surface area (Å²) >= 11 is 0. The van der Waals surface area contributed by atoms with Crippen molar-refractivity contribution < 1.29 is 21.8 Å². The summed E-state index contributed by atoms with van der Waals surface area (Å²) in [6.07, 6.45) is 1.71. The third-order valence-electron chi connectivity index (χ3n) is 2.52. The Morgan fingerprint density at radius 1 is 1.40 bits per heavy atom. The van der Waals surface area contributed by atoms with Crippen molar-refractivity contribution in [3.63, 3.8) is 0 Å². The Morgan fingerprint density at radius 2 is 2.15 bits per heavy atom. The number of benzene rings is 1. The maximum absolute atomic E-state index is 10.5. The summed E-state index contributed by atoms with van der Waals surface area (Å²) in [5.41, 5.74) is 1.55. The third kappa shape index (κ3) is 3.74. The second-order valence-electron chi connectivity index (χ2n) is 3.95. The lowest BCUT2D eigenvalue weighted by atomic mass is 10.1. The Bertz CT molecular complexity index is 791. The van der Waals surface area contributed by atoms with Gasteiger partial charge in [0, 0.05) is 10.5 Å². The molecule has 0 spiro atoms. The summed E-state index contributed by atoms with van der Waals surface area (Å²) in [6.45, 7) is 1.72. The highest BCUT2D eigenvalue weighted by Gasteiger charge is 2.12. The number of hydrogen-bond acceptors (Lipinski definition) is 4. The monoisotopic (exact) mass is 293 g/mol. The molecule has 0 atom stereocenters. The first-order valence-corrected chi connectivity index (χ1v) is 7.20. The number of fused-ring (bicyclic) bond motifs is 1. The van der Waals surface area contributed by atoms with Crippen molar-refractivity contribution >= 4 is 21.3 Å². The number of nitrogens with zero attached hydrogens (tertiary/aromatic N) is 2. The predicted molar refractivity (Wildman–Crippen MR) is 72.0 cm³/mol. The van der Waals surface area contributed by atoms with Gasteiger partial charge in [-0.15, -0.1) is 5.92 Å². The molecular formula is C13H13N2O4S+. The van der Waals surface area contributed by atoms with E-state index in [0.717, 1.165) is 16.5 Å². The molecule has 6 nitrogen and oxygen atoms in total. The van der Waals surface area contributed by atoms with E-state index in [1.54, 1.807) is 13.1 Å². The maximum atomic E-state index is 10.5. The summed E-state index contributed by atoms with van der Waals surface area (Å²) in [5.74, 6) is 5.80. The Hall–Kier alpha value is -2.01. The van der Waals surface area contributed by atoms with Crippen LogP contribution in [-0.2, 0) is 21.1 Å². The van der Waals surface area contributed by atoms with Crippen LogP contribution >= 0.6 is 0 Å². The van der Waals surface area contributed by atoms with Gasteiger partial charge in [-0.25, -0.2) is 4.18 Å². The molecule has 2 aromatic rings. The number of aromatic nitrogens is 2. The molecule has 0 aliphatic carbocycles. The minimum absolute atomic E-state index is 0.184. The van der Waals surface area contributed by atoms with Crippen LogP contribution in [-0.4, -0.2) is 24.7 Å². The Labute approximate surface area is 117 Å². The minimum atomic E-state index is -4.43. The van der Waals surface area contributed by atoms with Crippen molar-refractivity contribution in [2.75, 3.05) is 6.61 Å². The zero-order chi connectivity index (χ0) is 14.6. The third-order valence-corrected chi connectivity index (χ3v) is 2.99. The van der Waals surface area contributed by atoms with Gasteiger partial charge in [0.15, 0.2) is 6.54 Å². The van der Waals surface area contributed by atoms with E-state index in [4.69, 9.17) is 4.55 Å². The van der Waals surface area contributed by atoms with E-state index in [1.165, 1.54) is 4.68 Å². The Morgan fingerprint density at radius 3 is 2.85 bits per heavy atom. The van der Waals surface area contributed by atoms with Gasteiger partial charge >= 0.3 is 10.4 Å². The van der Waals surface area contributed by atoms with Gasteiger partial charge in [0.25, 0.3) is 0 Å². The minimum Gasteiger partial charge on any atom is -0.264 e. The van der Waals surface area contributed by atoms with Crippen LogP contribution < -0.4 is 4.68 Å². The molecule has 0 bridgehead atoms. The van der Waals surface area contributed by atoms with Crippen molar-refractivity contribution in [3.05, 3.63) is 36.0 Å². The molecule has 0 radical (unpaired) electrons. The van der Waals surface area contributed by atoms with Crippen LogP contribution in [0.2, 0.25) is 0 Å². The van der Waals surface area contributed by atoms with Crippen molar-refractivity contribution in [1.29, 1.82) is 0 Å². The molecule has 2 rings (SSSR count). The zero-order valence-corrected chi connectivity index (χ0v) is 11.6. The fourth-order valence-corrected chi connectivity index (χ4v) is 2.04. The lowest BCUT2D eigenvalue weighted by Crippen LogP contribution is -2.40. The second kappa shape index (κ2) is 5.96. The summed E-state index contributed by atoms with van der Waals surface area (Å²) in [5, 5.41) is 5.25. The molecule has 7 heteroatoms. The van der Waals surface area contributed by atoms with Crippen LogP contribution in [0.4, 0.5) is 0 Å². The van der Waals surface area contributed by atoms with Crippen molar-refractivity contribution in [2.45, 2.75) is 13.5 Å². The van der Waals surface area contributed by atoms with Gasteiger partial charge in [0.05, 0.1) is 0 Å². The van der Waals surface area contributed by atoms with E-state index in [-0.39, 0.29) is 13.2 Å². The molecule has 0 aliphatic rings. The first-order chi connectivity index (χ1) is 9.49. The normalized spacial score (nSPS) is 11.1. The second-order valence-corrected chi connectivity index (χ2v) is 5.04. The predicted octanol–water partition coefficient (Wildman–Crippen LogP) is 0.713. The van der Waals surface area contributed by atoms with E-state index in [0.29, 0.717) is 0 Å². The summed E-state index contributed by atoms with van der Waals surface area (Å²) in [6, 6.07) is 7.52. The first-order valence-electron chi connectivity index (χ1n) is 5.84. The highest BCUT2D eigenvalue weighted by atomic mass is 32.3. The van der Waals surface area contributed by atoms with Gasteiger partial charge < -0.3 is 0 Å². The molecule has 0 amide bonds. The van der Waals surface area contributed by atoms with E-state index < -0.39 is 10.4 Å². The zero-order valence-electron chi connectivity index (χ0n) is 10.8. The molecule has 1 aromatic carbocycles. The highest BCUT2D eigenvalue weighted by Crippen LogP contribution is 2.13. The highest BCUT2D eigenvalue weighted by molar-refractivity contribution is 7.80. The van der Waals surface area contributed by atoms with E-state index >= 15 is 0 Å². The lowest BCUT2D eigenvalue weighted by molar-refractivity contribution is -0.752. The molecule has 1 aromatic heterocycles. The smallest absolute Gasteiger partial charge is 0.264 e. The van der Waals surface area contributed by atoms with E-state index in [2.05, 4.69) is 21.1 Å². The van der Waals surface area contributed by atoms with Gasteiger partial charge in [0.2, 0.25) is 6.20 Å². The van der Waals surface area contributed by atoms with Crippen molar-refractivity contribution in [1.82, 2.24) is 5.10 Å². The van der Waals surface area contributed by atoms with Gasteiger partial charge in [-0.2, -0.15) is 8.42 Å². The van der Waals surface area contributed by atoms with Crippen LogP contribution in [0, 0.1) is 11.8 Å². The van der Waals surface area contributed by atoms with E-state index in [1.807, 2.05) is 24.3 Å². The fraction of sp³-hybridized carbons (Fsp3) is 0.231. The number of rotatable bonds is 4. The Balaban J connectivity index is 2.32. The Kier molecular flexibility index (Phi) is 4.29. The van der Waals surface area contributed by atoms with Gasteiger partial charge in [0.1, 0.15) is 17.7 Å². The van der Waals surface area contributed by atoms with E-state index in [9.17, 15) is 8.42 Å². The van der Waals surface area contributed by atoms with Crippen LogP contribution in [0.25, 0.3) is 10.9 Å². The SMILES string of the molecule is CC#Cc1c[n+](CCOS(=O)(=O)O)nc2ccccc12. The molecule has 0 saturated carbocycles. The van der Waals surface area contributed by atoms with Crippen LogP contribution in [0.1, 0.15) is 12.5 Å². The standard InChI is InChI=1S/C13H12N2O4S/c1-2-5-11-10-15(8-9-19-20(16,17)18)14-13-7-4-3-6-12(11)13/h3-4,6-7,10H,8-9H2,1H3/p+1. The van der Waals surface area contributed by atoms with Crippen molar-refractivity contribution in [3.8, 4) is 11.8 Å². The van der Waals surface area contributed by atoms with Gasteiger partial charge in [-0.3, -0.25) is 4.55 Å². The molecule has 0 aliphatic heterocycles.